The molecular weight excluding hydrogens is 270 g/mol. The maximum absolute atomic E-state index is 10.9. The van der Waals surface area contributed by atoms with Gasteiger partial charge in [0.15, 0.2) is 6.10 Å². The number of ether oxygens (including phenoxy) is 2. The van der Waals surface area contributed by atoms with E-state index in [4.69, 9.17) is 20.3 Å². The van der Waals surface area contributed by atoms with Gasteiger partial charge in [-0.25, -0.2) is 4.79 Å². The number of aliphatic carboxylic acids is 1. The number of aliphatic hydroxyl groups excluding tert-OH is 3. The summed E-state index contributed by atoms with van der Waals surface area (Å²) in [6.07, 6.45) is -8.24. The molecule has 6 N–H and O–H groups in total. The first-order valence-corrected chi connectivity index (χ1v) is 5.85. The van der Waals surface area contributed by atoms with Crippen LogP contribution in [0.1, 0.15) is 0 Å². The van der Waals surface area contributed by atoms with Crippen LogP contribution >= 0.6 is 0 Å². The molecule has 1 fully saturated rings. The molecule has 5 atom stereocenters. The summed E-state index contributed by atoms with van der Waals surface area (Å²) < 4.78 is 10.2. The number of nitrogens with two attached hydrogens (primary N) is 1. The number of hydrogen-bond donors (Lipinski definition) is 5. The Balaban J connectivity index is 2.18. The molecule has 8 heteroatoms. The minimum atomic E-state index is -1.75. The molecule has 0 bridgehead atoms. The molecule has 20 heavy (non-hydrogen) atoms. The zero-order valence-corrected chi connectivity index (χ0v) is 10.3. The monoisotopic (exact) mass is 285 g/mol. The predicted molar refractivity (Wildman–Crippen MR) is 65.8 cm³/mol. The van der Waals surface area contributed by atoms with E-state index < -0.39 is 36.7 Å². The number of aliphatic hydroxyl groups is 3. The molecule has 0 aliphatic carbocycles. The number of carboxylic acids is 1. The highest BCUT2D eigenvalue weighted by Crippen LogP contribution is 2.27. The second kappa shape index (κ2) is 5.63. The van der Waals surface area contributed by atoms with E-state index in [1.165, 1.54) is 6.07 Å². The van der Waals surface area contributed by atoms with Gasteiger partial charge in [0.25, 0.3) is 0 Å². The highest BCUT2D eigenvalue weighted by molar-refractivity contribution is 5.73. The SMILES string of the molecule is Nc1ccccc1O[C@H]1O[C@H](C(=O)O)[C@@H](O)[C@H](O)[C@H]1O. The van der Waals surface area contributed by atoms with Crippen molar-refractivity contribution in [3.8, 4) is 5.75 Å². The summed E-state index contributed by atoms with van der Waals surface area (Å²) in [5.74, 6) is -1.30. The molecule has 0 radical (unpaired) electrons. The maximum Gasteiger partial charge on any atom is 0.335 e. The Morgan fingerprint density at radius 3 is 2.40 bits per heavy atom. The lowest BCUT2D eigenvalue weighted by Gasteiger charge is -2.38. The van der Waals surface area contributed by atoms with Crippen LogP contribution in [0.5, 0.6) is 5.75 Å². The van der Waals surface area contributed by atoms with Crippen LogP contribution in [0.15, 0.2) is 24.3 Å². The smallest absolute Gasteiger partial charge is 0.335 e. The Kier molecular flexibility index (Phi) is 4.09. The van der Waals surface area contributed by atoms with Crippen LogP contribution in [-0.2, 0) is 9.53 Å². The number of anilines is 1. The molecule has 1 aromatic rings. The molecule has 0 spiro atoms. The van der Waals surface area contributed by atoms with Crippen molar-refractivity contribution in [2.24, 2.45) is 0 Å². The Hall–Kier alpha value is -1.87. The molecule has 1 saturated heterocycles. The molecule has 2 rings (SSSR count). The largest absolute Gasteiger partial charge is 0.479 e. The van der Waals surface area contributed by atoms with Crippen LogP contribution in [0.4, 0.5) is 5.69 Å². The van der Waals surface area contributed by atoms with Gasteiger partial charge in [-0.2, -0.15) is 0 Å². The minimum absolute atomic E-state index is 0.171. The highest BCUT2D eigenvalue weighted by atomic mass is 16.7. The Morgan fingerprint density at radius 1 is 1.15 bits per heavy atom. The number of para-hydroxylation sites is 2. The van der Waals surface area contributed by atoms with Gasteiger partial charge in [-0.1, -0.05) is 12.1 Å². The van der Waals surface area contributed by atoms with Crippen LogP contribution in [0.25, 0.3) is 0 Å². The average molecular weight is 285 g/mol. The zero-order chi connectivity index (χ0) is 14.9. The van der Waals surface area contributed by atoms with Gasteiger partial charge in [0.2, 0.25) is 6.29 Å². The third-order valence-electron chi connectivity index (χ3n) is 2.98. The van der Waals surface area contributed by atoms with E-state index in [-0.39, 0.29) is 11.4 Å². The summed E-state index contributed by atoms with van der Waals surface area (Å²) in [6, 6.07) is 6.34. The fraction of sp³-hybridized carbons (Fsp3) is 0.417. The van der Waals surface area contributed by atoms with Gasteiger partial charge in [-0.15, -0.1) is 0 Å². The molecular formula is C12H15NO7. The molecule has 0 aromatic heterocycles. The van der Waals surface area contributed by atoms with E-state index in [1.54, 1.807) is 18.2 Å². The van der Waals surface area contributed by atoms with Crippen LogP contribution in [-0.4, -0.2) is 57.1 Å². The topological polar surface area (TPSA) is 142 Å². The zero-order valence-electron chi connectivity index (χ0n) is 10.3. The van der Waals surface area contributed by atoms with Crippen molar-refractivity contribution in [3.05, 3.63) is 24.3 Å². The van der Waals surface area contributed by atoms with Gasteiger partial charge in [0.1, 0.15) is 24.1 Å². The highest BCUT2D eigenvalue weighted by Gasteiger charge is 2.48. The number of carbonyl (C=O) groups is 1. The Morgan fingerprint density at radius 2 is 1.80 bits per heavy atom. The third-order valence-corrected chi connectivity index (χ3v) is 2.98. The van der Waals surface area contributed by atoms with E-state index in [0.29, 0.717) is 0 Å². The number of nitrogen functional groups attached to an aromatic ring is 1. The van der Waals surface area contributed by atoms with Gasteiger partial charge in [0, 0.05) is 0 Å². The summed E-state index contributed by atoms with van der Waals surface area (Å²) in [6.45, 7) is 0. The first-order chi connectivity index (χ1) is 9.41. The van der Waals surface area contributed by atoms with Crippen LogP contribution < -0.4 is 10.5 Å². The van der Waals surface area contributed by atoms with E-state index in [9.17, 15) is 20.1 Å². The minimum Gasteiger partial charge on any atom is -0.479 e. The number of hydrogen-bond acceptors (Lipinski definition) is 7. The fourth-order valence-electron chi connectivity index (χ4n) is 1.86. The van der Waals surface area contributed by atoms with Crippen LogP contribution in [0, 0.1) is 0 Å². The van der Waals surface area contributed by atoms with Crippen molar-refractivity contribution in [2.75, 3.05) is 5.73 Å². The quantitative estimate of drug-likeness (QED) is 0.424. The van der Waals surface area contributed by atoms with E-state index in [2.05, 4.69) is 0 Å². The number of rotatable bonds is 3. The Bertz CT molecular complexity index is 494. The Labute approximate surface area is 114 Å². The third kappa shape index (κ3) is 2.68. The lowest BCUT2D eigenvalue weighted by atomic mass is 9.99. The lowest BCUT2D eigenvalue weighted by molar-refractivity contribution is -0.271. The standard InChI is InChI=1S/C12H15NO7/c13-5-3-1-2-4-6(5)19-12-9(16)7(14)8(15)10(20-12)11(17)18/h1-4,7-10,12,14-16H,13H2,(H,17,18)/t7-,8-,9+,10-,12-/m0/s1. The molecule has 1 aromatic carbocycles. The predicted octanol–water partition coefficient (Wildman–Crippen LogP) is -1.46. The lowest BCUT2D eigenvalue weighted by Crippen LogP contribution is -2.61. The maximum atomic E-state index is 10.9. The van der Waals surface area contributed by atoms with E-state index in [0.717, 1.165) is 0 Å². The van der Waals surface area contributed by atoms with Gasteiger partial charge in [-0.3, -0.25) is 0 Å². The summed E-state index contributed by atoms with van der Waals surface area (Å²) >= 11 is 0. The van der Waals surface area contributed by atoms with Crippen molar-refractivity contribution >= 4 is 11.7 Å². The number of carboxylic acid groups (broad SMARTS) is 1. The van der Waals surface area contributed by atoms with Gasteiger partial charge in [-0.05, 0) is 12.1 Å². The van der Waals surface area contributed by atoms with Crippen LogP contribution in [0.2, 0.25) is 0 Å². The molecule has 110 valence electrons. The van der Waals surface area contributed by atoms with Crippen molar-refractivity contribution in [1.82, 2.24) is 0 Å². The molecule has 1 aliphatic rings. The summed E-state index contributed by atoms with van der Waals surface area (Å²) in [4.78, 5) is 10.9. The molecule has 1 heterocycles. The molecule has 0 saturated carbocycles. The second-order valence-corrected chi connectivity index (χ2v) is 4.39. The first kappa shape index (κ1) is 14.5. The van der Waals surface area contributed by atoms with E-state index in [1.807, 2.05) is 0 Å². The van der Waals surface area contributed by atoms with Crippen molar-refractivity contribution < 1.29 is 34.7 Å². The normalized spacial score (nSPS) is 33.6. The summed E-state index contributed by atoms with van der Waals surface area (Å²) in [7, 11) is 0. The second-order valence-electron chi connectivity index (χ2n) is 4.39. The number of benzene rings is 1. The van der Waals surface area contributed by atoms with Gasteiger partial charge >= 0.3 is 5.97 Å². The van der Waals surface area contributed by atoms with Gasteiger partial charge in [0.05, 0.1) is 5.69 Å². The average Bonchev–Trinajstić information content (AvgIpc) is 2.41. The summed E-state index contributed by atoms with van der Waals surface area (Å²) in [5.41, 5.74) is 5.91. The fourth-order valence-corrected chi connectivity index (χ4v) is 1.86. The van der Waals surface area contributed by atoms with Crippen molar-refractivity contribution in [1.29, 1.82) is 0 Å². The molecule has 1 aliphatic heterocycles. The van der Waals surface area contributed by atoms with Crippen LogP contribution in [0.3, 0.4) is 0 Å². The molecule has 0 unspecified atom stereocenters. The molecule has 0 amide bonds. The first-order valence-electron chi connectivity index (χ1n) is 5.85. The molecule has 8 nitrogen and oxygen atoms in total. The summed E-state index contributed by atoms with van der Waals surface area (Å²) in [5, 5.41) is 37.8. The van der Waals surface area contributed by atoms with E-state index >= 15 is 0 Å². The van der Waals surface area contributed by atoms with Gasteiger partial charge < -0.3 is 35.6 Å². The van der Waals surface area contributed by atoms with Crippen molar-refractivity contribution in [2.45, 2.75) is 30.7 Å². The van der Waals surface area contributed by atoms with Crippen molar-refractivity contribution in [3.63, 3.8) is 0 Å².